The van der Waals surface area contributed by atoms with Crippen LogP contribution in [-0.2, 0) is 18.3 Å². The van der Waals surface area contributed by atoms with Crippen LogP contribution in [0.25, 0.3) is 22.0 Å². The third kappa shape index (κ3) is 4.75. The van der Waals surface area contributed by atoms with Gasteiger partial charge in [-0.2, -0.15) is 0 Å². The van der Waals surface area contributed by atoms with Crippen LogP contribution in [0.1, 0.15) is 39.3 Å². The number of ketones is 1. The van der Waals surface area contributed by atoms with E-state index in [1.54, 1.807) is 10.9 Å². The lowest BCUT2D eigenvalue weighted by Gasteiger charge is -2.35. The predicted octanol–water partition coefficient (Wildman–Crippen LogP) is 3.90. The summed E-state index contributed by atoms with van der Waals surface area (Å²) in [6.45, 7) is 9.93. The highest BCUT2D eigenvalue weighted by atomic mass is 16.1. The second kappa shape index (κ2) is 8.26. The van der Waals surface area contributed by atoms with Gasteiger partial charge in [0.1, 0.15) is 5.78 Å². The lowest BCUT2D eigenvalue weighted by Crippen LogP contribution is -2.40. The molecule has 0 N–H and O–H groups in total. The van der Waals surface area contributed by atoms with E-state index >= 15 is 0 Å². The van der Waals surface area contributed by atoms with Gasteiger partial charge in [-0.15, -0.1) is 5.10 Å². The number of hydrogen-bond donors (Lipinski definition) is 0. The molecule has 1 aliphatic heterocycles. The van der Waals surface area contributed by atoms with Gasteiger partial charge in [0.05, 0.1) is 11.9 Å². The van der Waals surface area contributed by atoms with Crippen molar-refractivity contribution in [1.82, 2.24) is 24.9 Å². The molecular weight excluding hydrogens is 374 g/mol. The molecule has 0 aliphatic carbocycles. The third-order valence-electron chi connectivity index (χ3n) is 5.88. The lowest BCUT2D eigenvalue weighted by atomic mass is 9.88. The van der Waals surface area contributed by atoms with E-state index in [1.807, 2.05) is 13.2 Å². The van der Waals surface area contributed by atoms with Crippen molar-refractivity contribution in [1.29, 1.82) is 0 Å². The second-order valence-electron chi connectivity index (χ2n) is 9.73. The van der Waals surface area contributed by atoms with Crippen LogP contribution in [0.5, 0.6) is 0 Å². The van der Waals surface area contributed by atoms with Crippen molar-refractivity contribution in [2.45, 2.75) is 40.0 Å². The van der Waals surface area contributed by atoms with E-state index in [0.29, 0.717) is 17.6 Å². The van der Waals surface area contributed by atoms with Crippen LogP contribution in [-0.4, -0.2) is 50.3 Å². The van der Waals surface area contributed by atoms with Crippen LogP contribution in [0.4, 0.5) is 0 Å². The van der Waals surface area contributed by atoms with Gasteiger partial charge in [0.25, 0.3) is 0 Å². The van der Waals surface area contributed by atoms with Crippen molar-refractivity contribution in [3.63, 3.8) is 0 Å². The fourth-order valence-corrected chi connectivity index (χ4v) is 4.40. The molecule has 1 aromatic carbocycles. The maximum Gasteiger partial charge on any atom is 0.142 e. The zero-order valence-electron chi connectivity index (χ0n) is 18.4. The first-order chi connectivity index (χ1) is 14.3. The minimum Gasteiger partial charge on any atom is -0.303 e. The van der Waals surface area contributed by atoms with Gasteiger partial charge in [-0.05, 0) is 48.9 Å². The number of nitrogens with zero attached hydrogens (tertiary/aromatic N) is 5. The Kier molecular flexibility index (Phi) is 5.69. The zero-order chi connectivity index (χ0) is 21.3. The zero-order valence-corrected chi connectivity index (χ0v) is 18.4. The van der Waals surface area contributed by atoms with Crippen LogP contribution in [0.15, 0.2) is 36.7 Å². The Morgan fingerprint density at radius 3 is 2.53 bits per heavy atom. The largest absolute Gasteiger partial charge is 0.303 e. The molecule has 158 valence electrons. The van der Waals surface area contributed by atoms with E-state index in [0.717, 1.165) is 60.2 Å². The standard InChI is InChI=1S/C24H31N5O/c1-24(2,3)16-29-9-7-17(8-10-29)23(30)13-21-12-20-11-18(5-6-19(20)14-25-21)22-15-26-27-28(22)4/h5-6,11-12,14-15,17H,7-10,13,16H2,1-4H3. The quantitative estimate of drug-likeness (QED) is 0.644. The Morgan fingerprint density at radius 1 is 1.10 bits per heavy atom. The Morgan fingerprint density at radius 2 is 1.87 bits per heavy atom. The van der Waals surface area contributed by atoms with Gasteiger partial charge in [0.2, 0.25) is 0 Å². The van der Waals surface area contributed by atoms with Gasteiger partial charge in [-0.25, -0.2) is 4.68 Å². The minimum absolute atomic E-state index is 0.158. The summed E-state index contributed by atoms with van der Waals surface area (Å²) in [4.78, 5) is 20.0. The highest BCUT2D eigenvalue weighted by Crippen LogP contribution is 2.26. The number of hydrogen-bond acceptors (Lipinski definition) is 5. The first-order valence-corrected chi connectivity index (χ1v) is 10.8. The van der Waals surface area contributed by atoms with Gasteiger partial charge < -0.3 is 4.90 Å². The Bertz CT molecular complexity index is 1040. The van der Waals surface area contributed by atoms with Crippen LogP contribution < -0.4 is 0 Å². The molecule has 6 nitrogen and oxygen atoms in total. The maximum absolute atomic E-state index is 12.9. The summed E-state index contributed by atoms with van der Waals surface area (Å²) >= 11 is 0. The number of carbonyl (C=O) groups is 1. The summed E-state index contributed by atoms with van der Waals surface area (Å²) in [5, 5.41) is 10.1. The third-order valence-corrected chi connectivity index (χ3v) is 5.88. The van der Waals surface area contributed by atoms with Crippen LogP contribution in [0, 0.1) is 11.3 Å². The number of pyridine rings is 1. The van der Waals surface area contributed by atoms with E-state index in [4.69, 9.17) is 0 Å². The van der Waals surface area contributed by atoms with Gasteiger partial charge in [-0.3, -0.25) is 9.78 Å². The van der Waals surface area contributed by atoms with E-state index in [-0.39, 0.29) is 5.92 Å². The fourth-order valence-electron chi connectivity index (χ4n) is 4.40. The second-order valence-corrected chi connectivity index (χ2v) is 9.73. The van der Waals surface area contributed by atoms with Crippen molar-refractivity contribution >= 4 is 16.6 Å². The molecule has 1 fully saturated rings. The molecule has 6 heteroatoms. The number of piperidine rings is 1. The van der Waals surface area contributed by atoms with Gasteiger partial charge in [-0.1, -0.05) is 38.1 Å². The number of likely N-dealkylation sites (tertiary alicyclic amines) is 1. The molecule has 0 bridgehead atoms. The highest BCUT2D eigenvalue weighted by molar-refractivity contribution is 5.88. The van der Waals surface area contributed by atoms with Crippen LogP contribution in [0.3, 0.4) is 0 Å². The van der Waals surface area contributed by atoms with Crippen molar-refractivity contribution in [3.05, 3.63) is 42.4 Å². The van der Waals surface area contributed by atoms with Gasteiger partial charge >= 0.3 is 0 Å². The first kappa shape index (κ1) is 20.7. The molecule has 0 spiro atoms. The summed E-state index contributed by atoms with van der Waals surface area (Å²) in [5.74, 6) is 0.481. The minimum atomic E-state index is 0.158. The molecule has 1 saturated heterocycles. The molecule has 3 heterocycles. The summed E-state index contributed by atoms with van der Waals surface area (Å²) in [6, 6.07) is 8.28. The molecule has 0 unspecified atom stereocenters. The smallest absolute Gasteiger partial charge is 0.142 e. The Balaban J connectivity index is 1.43. The molecule has 3 aromatic rings. The average Bonchev–Trinajstić information content (AvgIpc) is 3.12. The normalized spacial score (nSPS) is 16.3. The monoisotopic (exact) mass is 405 g/mol. The number of carbonyl (C=O) groups excluding carboxylic acids is 1. The average molecular weight is 406 g/mol. The predicted molar refractivity (Wildman–Crippen MR) is 119 cm³/mol. The Hall–Kier alpha value is -2.60. The van der Waals surface area contributed by atoms with Gasteiger partial charge in [0.15, 0.2) is 0 Å². The number of aromatic nitrogens is 4. The topological polar surface area (TPSA) is 63.9 Å². The van der Waals surface area contributed by atoms with E-state index < -0.39 is 0 Å². The summed E-state index contributed by atoms with van der Waals surface area (Å²) in [5.41, 5.74) is 3.18. The summed E-state index contributed by atoms with van der Waals surface area (Å²) < 4.78 is 1.76. The van der Waals surface area contributed by atoms with Crippen molar-refractivity contribution in [2.75, 3.05) is 19.6 Å². The van der Waals surface area contributed by atoms with Crippen LogP contribution in [0.2, 0.25) is 0 Å². The van der Waals surface area contributed by atoms with Crippen LogP contribution >= 0.6 is 0 Å². The number of fused-ring (bicyclic) bond motifs is 1. The SMILES string of the molecule is Cn1nncc1-c1ccc2cnc(CC(=O)C3CCN(CC(C)(C)C)CC3)cc2c1. The molecular formula is C24H31N5O. The van der Waals surface area contributed by atoms with E-state index in [2.05, 4.69) is 65.2 Å². The molecule has 1 aliphatic rings. The summed E-state index contributed by atoms with van der Waals surface area (Å²) in [7, 11) is 1.88. The number of aryl methyl sites for hydroxylation is 1. The van der Waals surface area contributed by atoms with Crippen molar-refractivity contribution < 1.29 is 4.79 Å². The van der Waals surface area contributed by atoms with E-state index in [9.17, 15) is 4.79 Å². The molecule has 4 rings (SSSR count). The fraction of sp³-hybridized carbons (Fsp3) is 0.500. The Labute approximate surface area is 178 Å². The van der Waals surface area contributed by atoms with E-state index in [1.165, 1.54) is 0 Å². The molecule has 2 aromatic heterocycles. The summed E-state index contributed by atoms with van der Waals surface area (Å²) in [6.07, 6.45) is 5.96. The molecule has 0 radical (unpaired) electrons. The van der Waals surface area contributed by atoms with Crippen molar-refractivity contribution in [2.24, 2.45) is 18.4 Å². The molecule has 0 atom stereocenters. The maximum atomic E-state index is 12.9. The first-order valence-electron chi connectivity index (χ1n) is 10.8. The molecule has 0 amide bonds. The van der Waals surface area contributed by atoms with Crippen molar-refractivity contribution in [3.8, 4) is 11.3 Å². The van der Waals surface area contributed by atoms with Gasteiger partial charge in [0, 0.05) is 48.8 Å². The number of rotatable bonds is 5. The number of benzene rings is 1. The molecule has 0 saturated carbocycles. The lowest BCUT2D eigenvalue weighted by molar-refractivity contribution is -0.123. The highest BCUT2D eigenvalue weighted by Gasteiger charge is 2.27. The number of Topliss-reactive ketones (excluding diaryl/α,β-unsaturated/α-hetero) is 1. The molecule has 30 heavy (non-hydrogen) atoms.